The molecule has 5 rings (SSSR count). The molecule has 328 valence electrons. The van der Waals surface area contributed by atoms with Crippen molar-refractivity contribution in [1.29, 1.82) is 0 Å². The van der Waals surface area contributed by atoms with E-state index in [9.17, 15) is 86.8 Å². The van der Waals surface area contributed by atoms with Crippen LogP contribution in [0, 0.1) is 0 Å². The molecule has 5 aliphatic rings. The molecule has 26 nitrogen and oxygen atoms in total. The number of aliphatic hydroxyl groups excluding tert-OH is 17. The fourth-order valence-corrected chi connectivity index (χ4v) is 6.81. The summed E-state index contributed by atoms with van der Waals surface area (Å²) >= 11 is 0. The molecule has 5 saturated heterocycles. The minimum atomic E-state index is -2.12. The Morgan fingerprint density at radius 3 is 1.18 bits per heavy atom. The van der Waals surface area contributed by atoms with Crippen molar-refractivity contribution in [2.75, 3.05) is 33.0 Å². The summed E-state index contributed by atoms with van der Waals surface area (Å²) in [4.78, 5) is 0. The third-order valence-corrected chi connectivity index (χ3v) is 10.3. The smallest absolute Gasteiger partial charge is 0.187 e. The van der Waals surface area contributed by atoms with Crippen LogP contribution in [0.1, 0.15) is 0 Å². The van der Waals surface area contributed by atoms with Crippen LogP contribution >= 0.6 is 0 Å². The molecule has 56 heavy (non-hydrogen) atoms. The summed E-state index contributed by atoms with van der Waals surface area (Å²) in [6.07, 6.45) is -46.0. The van der Waals surface area contributed by atoms with Gasteiger partial charge < -0.3 is 129 Å². The van der Waals surface area contributed by atoms with Crippen molar-refractivity contribution in [3.8, 4) is 0 Å². The molecule has 0 radical (unpaired) electrons. The molecule has 5 heterocycles. The Kier molecular flexibility index (Phi) is 16.1. The van der Waals surface area contributed by atoms with Gasteiger partial charge in [0.05, 0.1) is 33.0 Å². The monoisotopic (exact) mass is 828 g/mol. The van der Waals surface area contributed by atoms with Crippen molar-refractivity contribution in [3.05, 3.63) is 0 Å². The van der Waals surface area contributed by atoms with E-state index in [0.29, 0.717) is 0 Å². The van der Waals surface area contributed by atoms with Crippen molar-refractivity contribution in [2.24, 2.45) is 0 Å². The summed E-state index contributed by atoms with van der Waals surface area (Å²) in [5.74, 6) is 0. The van der Waals surface area contributed by atoms with E-state index in [0.717, 1.165) is 0 Å². The van der Waals surface area contributed by atoms with Crippen molar-refractivity contribution in [2.45, 2.75) is 154 Å². The second-order valence-corrected chi connectivity index (χ2v) is 14.0. The van der Waals surface area contributed by atoms with Crippen molar-refractivity contribution in [3.63, 3.8) is 0 Å². The van der Waals surface area contributed by atoms with Crippen LogP contribution in [0.25, 0.3) is 0 Å². The summed E-state index contributed by atoms with van der Waals surface area (Å²) < 4.78 is 49.1. The lowest BCUT2D eigenvalue weighted by Crippen LogP contribution is -2.67. The summed E-state index contributed by atoms with van der Waals surface area (Å²) in [7, 11) is 0. The van der Waals surface area contributed by atoms with E-state index >= 15 is 0 Å². The highest BCUT2D eigenvalue weighted by atomic mass is 16.8. The van der Waals surface area contributed by atoms with Crippen LogP contribution in [0.15, 0.2) is 0 Å². The maximum Gasteiger partial charge on any atom is 0.187 e. The maximum absolute atomic E-state index is 11.3. The minimum Gasteiger partial charge on any atom is -0.394 e. The largest absolute Gasteiger partial charge is 0.394 e. The number of aliphatic hydroxyl groups is 17. The van der Waals surface area contributed by atoms with Gasteiger partial charge in [-0.25, -0.2) is 0 Å². The average molecular weight is 829 g/mol. The molecule has 0 spiro atoms. The Morgan fingerprint density at radius 1 is 0.304 bits per heavy atom. The van der Waals surface area contributed by atoms with Crippen LogP contribution in [0.5, 0.6) is 0 Å². The first-order valence-electron chi connectivity index (χ1n) is 17.6. The van der Waals surface area contributed by atoms with E-state index in [1.54, 1.807) is 0 Å². The molecule has 0 saturated carbocycles. The molecule has 0 aromatic rings. The average Bonchev–Trinajstić information content (AvgIpc) is 3.18. The van der Waals surface area contributed by atoms with Gasteiger partial charge in [0.25, 0.3) is 0 Å². The quantitative estimate of drug-likeness (QED) is 0.0819. The Morgan fingerprint density at radius 2 is 0.679 bits per heavy atom. The first kappa shape index (κ1) is 46.0. The summed E-state index contributed by atoms with van der Waals surface area (Å²) in [6, 6.07) is 0. The van der Waals surface area contributed by atoms with Gasteiger partial charge in [0.15, 0.2) is 31.5 Å². The topological polar surface area (TPSA) is 427 Å². The highest BCUT2D eigenvalue weighted by Crippen LogP contribution is 2.34. The van der Waals surface area contributed by atoms with E-state index in [1.165, 1.54) is 0 Å². The number of hydrogen-bond acceptors (Lipinski definition) is 26. The van der Waals surface area contributed by atoms with E-state index in [2.05, 4.69) is 0 Å². The number of ether oxygens (including phenoxy) is 9. The van der Waals surface area contributed by atoms with E-state index in [1.807, 2.05) is 0 Å². The van der Waals surface area contributed by atoms with Gasteiger partial charge in [-0.1, -0.05) is 0 Å². The van der Waals surface area contributed by atoms with Crippen LogP contribution < -0.4 is 0 Å². The van der Waals surface area contributed by atoms with Gasteiger partial charge in [-0.15, -0.1) is 0 Å². The summed E-state index contributed by atoms with van der Waals surface area (Å²) in [5.41, 5.74) is 0. The molecule has 25 atom stereocenters. The van der Waals surface area contributed by atoms with Gasteiger partial charge >= 0.3 is 0 Å². The molecule has 0 bridgehead atoms. The summed E-state index contributed by atoms with van der Waals surface area (Å²) in [5, 5.41) is 175. The van der Waals surface area contributed by atoms with Crippen molar-refractivity contribution < 1.29 is 129 Å². The highest BCUT2D eigenvalue weighted by molar-refractivity contribution is 4.97. The SMILES string of the molecule is OC[C@H]1O[C@H](OC[C@H]2O[C@H](OC[C@H]3O[C@H](O[C@H]4[C@H](O)[C@@H](O)C(O)O[C@@H]4CO)[C@H](O)[C@@H](O[C@H]4O[C@H](CO)[C@@H](O)[C@H](O)[C@H]4O)[C@@H]3O)[C@H](O)[C@@H](O)[C@@H]2O)[C@H](O)[C@@H](O)[C@@H]1O. The van der Waals surface area contributed by atoms with Crippen molar-refractivity contribution in [1.82, 2.24) is 0 Å². The number of rotatable bonds is 13. The van der Waals surface area contributed by atoms with E-state index in [4.69, 9.17) is 42.6 Å². The molecule has 0 aromatic carbocycles. The molecule has 5 aliphatic heterocycles. The molecule has 17 N–H and O–H groups in total. The van der Waals surface area contributed by atoms with Gasteiger partial charge in [0, 0.05) is 0 Å². The predicted molar refractivity (Wildman–Crippen MR) is 167 cm³/mol. The molecule has 1 unspecified atom stereocenters. The molecule has 0 aromatic heterocycles. The lowest BCUT2D eigenvalue weighted by atomic mass is 9.96. The zero-order chi connectivity index (χ0) is 41.3. The Labute approximate surface area is 316 Å². The van der Waals surface area contributed by atoms with E-state index in [-0.39, 0.29) is 0 Å². The summed E-state index contributed by atoms with van der Waals surface area (Å²) in [6.45, 7) is -4.13. The predicted octanol–water partition coefficient (Wildman–Crippen LogP) is -11.9. The Hall–Kier alpha value is -1.04. The van der Waals surface area contributed by atoms with Gasteiger partial charge in [-0.3, -0.25) is 0 Å². The van der Waals surface area contributed by atoms with Gasteiger partial charge in [-0.05, 0) is 0 Å². The third-order valence-electron chi connectivity index (χ3n) is 10.3. The van der Waals surface area contributed by atoms with Crippen molar-refractivity contribution >= 4 is 0 Å². The fourth-order valence-electron chi connectivity index (χ4n) is 6.81. The van der Waals surface area contributed by atoms with E-state index < -0.39 is 187 Å². The molecule has 26 heteroatoms. The third kappa shape index (κ3) is 9.46. The lowest BCUT2D eigenvalue weighted by Gasteiger charge is -2.48. The zero-order valence-electron chi connectivity index (χ0n) is 29.2. The highest BCUT2D eigenvalue weighted by Gasteiger charge is 2.55. The van der Waals surface area contributed by atoms with Crippen LogP contribution in [0.4, 0.5) is 0 Å². The van der Waals surface area contributed by atoms with Crippen LogP contribution in [-0.2, 0) is 42.6 Å². The molecular weight excluding hydrogens is 776 g/mol. The second-order valence-electron chi connectivity index (χ2n) is 14.0. The lowest BCUT2D eigenvalue weighted by molar-refractivity contribution is -0.383. The zero-order valence-corrected chi connectivity index (χ0v) is 29.2. The fraction of sp³-hybridized carbons (Fsp3) is 1.00. The molecular formula is C30H52O26. The standard InChI is InChI=1S/C30H52O26/c31-1-6-11(34)15(38)20(43)27(51-6)48-4-9-13(36)17(40)21(44)28(53-9)49-5-10-14(37)25(56-29-22(45)16(39)12(35)7(2-32)52-29)23(46)30(54-10)55-24-8(3-33)50-26(47)19(42)18(24)41/h6-47H,1-5H2/t6-,7-,8-,9-,10-,11-,12-,13-,14-,15+,16+,17+,18-,19-,20-,21-,22-,23-,24-,25+,26?,27+,28+,29-,30-/m1/s1. The van der Waals surface area contributed by atoms with Gasteiger partial charge in [0.2, 0.25) is 0 Å². The first-order chi connectivity index (χ1) is 26.4. The first-order valence-corrected chi connectivity index (χ1v) is 17.6. The Balaban J connectivity index is 1.32. The van der Waals surface area contributed by atoms with Crippen LogP contribution in [0.3, 0.4) is 0 Å². The minimum absolute atomic E-state index is 0.717. The van der Waals surface area contributed by atoms with Crippen LogP contribution in [-0.4, -0.2) is 273 Å². The second kappa shape index (κ2) is 19.6. The molecule has 0 amide bonds. The molecule has 0 aliphatic carbocycles. The van der Waals surface area contributed by atoms with Gasteiger partial charge in [0.1, 0.15) is 122 Å². The van der Waals surface area contributed by atoms with Gasteiger partial charge in [-0.2, -0.15) is 0 Å². The Bertz CT molecular complexity index is 1200. The maximum atomic E-state index is 11.3. The van der Waals surface area contributed by atoms with Crippen LogP contribution in [0.2, 0.25) is 0 Å². The normalized spacial score (nSPS) is 53.2. The number of hydrogen-bond donors (Lipinski definition) is 17. The molecule has 5 fully saturated rings.